The normalized spacial score (nSPS) is 11.4. The first-order valence-corrected chi connectivity index (χ1v) is 11.7. The number of nitriles is 1. The lowest BCUT2D eigenvalue weighted by atomic mass is 9.98. The smallest absolute Gasteiger partial charge is 0.410 e. The molecule has 3 aromatic carbocycles. The molecule has 1 amide bonds. The number of carbonyl (C=O) groups excluding carboxylic acids is 2. The van der Waals surface area contributed by atoms with E-state index < -0.39 is 18.1 Å². The van der Waals surface area contributed by atoms with Crippen LogP contribution in [0.2, 0.25) is 0 Å². The summed E-state index contributed by atoms with van der Waals surface area (Å²) >= 11 is 0. The fraction of sp³-hybridized carbons (Fsp3) is 0.276. The molecule has 0 bridgehead atoms. The molecule has 0 N–H and O–H groups in total. The van der Waals surface area contributed by atoms with E-state index in [2.05, 4.69) is 6.07 Å². The first-order chi connectivity index (χ1) is 16.9. The second-order valence-corrected chi connectivity index (χ2v) is 8.46. The third kappa shape index (κ3) is 6.70. The van der Waals surface area contributed by atoms with Crippen LogP contribution in [0.3, 0.4) is 0 Å². The number of ether oxygens (including phenoxy) is 2. The molecule has 0 heterocycles. The molecule has 35 heavy (non-hydrogen) atoms. The Kier molecular flexibility index (Phi) is 9.02. The topological polar surface area (TPSA) is 79.6 Å². The first-order valence-electron chi connectivity index (χ1n) is 11.7. The van der Waals surface area contributed by atoms with Crippen LogP contribution in [0.1, 0.15) is 37.5 Å². The molecule has 0 aliphatic heterocycles. The Morgan fingerprint density at radius 1 is 0.886 bits per heavy atom. The fourth-order valence-electron chi connectivity index (χ4n) is 3.87. The fourth-order valence-corrected chi connectivity index (χ4v) is 3.87. The summed E-state index contributed by atoms with van der Waals surface area (Å²) in [5, 5.41) is 9.39. The SMILES string of the molecule is CCOC(=O)N(Cc1ccc(-c2ccccc2C#N)cc1)[C@H](C(=O)OCc1ccccc1)C(C)C. The Morgan fingerprint density at radius 3 is 2.17 bits per heavy atom. The summed E-state index contributed by atoms with van der Waals surface area (Å²) in [6, 6.07) is 25.8. The highest BCUT2D eigenvalue weighted by molar-refractivity contribution is 5.82. The van der Waals surface area contributed by atoms with Crippen molar-refractivity contribution in [1.82, 2.24) is 4.90 Å². The summed E-state index contributed by atoms with van der Waals surface area (Å²) in [5.74, 6) is -0.666. The van der Waals surface area contributed by atoms with Gasteiger partial charge in [-0.2, -0.15) is 5.26 Å². The van der Waals surface area contributed by atoms with Gasteiger partial charge in [-0.05, 0) is 41.2 Å². The van der Waals surface area contributed by atoms with Gasteiger partial charge in [0.2, 0.25) is 0 Å². The molecular weight excluding hydrogens is 440 g/mol. The van der Waals surface area contributed by atoms with E-state index in [1.54, 1.807) is 13.0 Å². The van der Waals surface area contributed by atoms with Crippen molar-refractivity contribution < 1.29 is 19.1 Å². The number of rotatable bonds is 9. The average molecular weight is 471 g/mol. The summed E-state index contributed by atoms with van der Waals surface area (Å²) in [5.41, 5.74) is 4.04. The van der Waals surface area contributed by atoms with Crippen LogP contribution in [0.4, 0.5) is 4.79 Å². The summed E-state index contributed by atoms with van der Waals surface area (Å²) < 4.78 is 10.9. The Labute approximate surface area is 206 Å². The van der Waals surface area contributed by atoms with Gasteiger partial charge in [-0.3, -0.25) is 4.90 Å². The van der Waals surface area contributed by atoms with E-state index in [1.165, 1.54) is 4.90 Å². The van der Waals surface area contributed by atoms with Gasteiger partial charge in [-0.25, -0.2) is 9.59 Å². The molecule has 0 aliphatic rings. The number of nitrogens with zero attached hydrogens (tertiary/aromatic N) is 2. The van der Waals surface area contributed by atoms with Gasteiger partial charge >= 0.3 is 12.1 Å². The van der Waals surface area contributed by atoms with Crippen molar-refractivity contribution in [3.8, 4) is 17.2 Å². The minimum atomic E-state index is -0.809. The molecule has 3 rings (SSSR count). The van der Waals surface area contributed by atoms with E-state index in [1.807, 2.05) is 86.6 Å². The number of hydrogen-bond acceptors (Lipinski definition) is 5. The molecule has 3 aromatic rings. The molecule has 1 atom stereocenters. The standard InChI is InChI=1S/C29H30N2O4/c1-4-34-29(33)31(27(21(2)3)28(32)35-20-23-10-6-5-7-11-23)19-22-14-16-24(17-15-22)26-13-9-8-12-25(26)18-30/h5-17,21,27H,4,19-20H2,1-3H3/t27-/m0/s1. The van der Waals surface area contributed by atoms with E-state index in [9.17, 15) is 14.9 Å². The lowest BCUT2D eigenvalue weighted by molar-refractivity contribution is -0.152. The zero-order valence-corrected chi connectivity index (χ0v) is 20.3. The average Bonchev–Trinajstić information content (AvgIpc) is 2.88. The maximum atomic E-state index is 13.1. The van der Waals surface area contributed by atoms with Crippen LogP contribution in [-0.4, -0.2) is 29.6 Å². The minimum Gasteiger partial charge on any atom is -0.459 e. The second-order valence-electron chi connectivity index (χ2n) is 8.46. The second kappa shape index (κ2) is 12.4. The van der Waals surface area contributed by atoms with Crippen molar-refractivity contribution in [2.75, 3.05) is 6.61 Å². The zero-order chi connectivity index (χ0) is 25.2. The van der Waals surface area contributed by atoms with Crippen molar-refractivity contribution in [3.63, 3.8) is 0 Å². The van der Waals surface area contributed by atoms with Crippen molar-refractivity contribution in [3.05, 3.63) is 95.6 Å². The zero-order valence-electron chi connectivity index (χ0n) is 20.3. The number of carbonyl (C=O) groups is 2. The van der Waals surface area contributed by atoms with Crippen LogP contribution < -0.4 is 0 Å². The molecule has 0 aliphatic carbocycles. The number of hydrogen-bond donors (Lipinski definition) is 0. The highest BCUT2D eigenvalue weighted by Crippen LogP contribution is 2.25. The molecule has 0 aromatic heterocycles. The van der Waals surface area contributed by atoms with Crippen molar-refractivity contribution in [2.24, 2.45) is 5.92 Å². The van der Waals surface area contributed by atoms with Crippen LogP contribution in [0.25, 0.3) is 11.1 Å². The molecule has 0 fully saturated rings. The summed E-state index contributed by atoms with van der Waals surface area (Å²) in [7, 11) is 0. The van der Waals surface area contributed by atoms with Crippen molar-refractivity contribution in [1.29, 1.82) is 5.26 Å². The van der Waals surface area contributed by atoms with Gasteiger partial charge < -0.3 is 9.47 Å². The van der Waals surface area contributed by atoms with Gasteiger partial charge in [0.25, 0.3) is 0 Å². The Bertz CT molecular complexity index is 1170. The van der Waals surface area contributed by atoms with Crippen LogP contribution in [-0.2, 0) is 27.4 Å². The summed E-state index contributed by atoms with van der Waals surface area (Å²) in [6.45, 7) is 6.00. The van der Waals surface area contributed by atoms with Gasteiger partial charge in [-0.1, -0.05) is 86.6 Å². The largest absolute Gasteiger partial charge is 0.459 e. The highest BCUT2D eigenvalue weighted by Gasteiger charge is 2.35. The predicted octanol–water partition coefficient (Wildman–Crippen LogP) is 5.95. The van der Waals surface area contributed by atoms with E-state index in [-0.39, 0.29) is 25.7 Å². The van der Waals surface area contributed by atoms with E-state index in [0.717, 1.165) is 22.3 Å². The molecule has 6 nitrogen and oxygen atoms in total. The van der Waals surface area contributed by atoms with Crippen LogP contribution in [0, 0.1) is 17.2 Å². The number of benzene rings is 3. The molecule has 0 unspecified atom stereocenters. The Hall–Kier alpha value is -4.11. The van der Waals surface area contributed by atoms with Crippen LogP contribution in [0.15, 0.2) is 78.9 Å². The number of esters is 1. The Balaban J connectivity index is 1.82. The maximum absolute atomic E-state index is 13.1. The van der Waals surface area contributed by atoms with Crippen molar-refractivity contribution in [2.45, 2.75) is 40.0 Å². The Morgan fingerprint density at radius 2 is 1.54 bits per heavy atom. The van der Waals surface area contributed by atoms with E-state index in [4.69, 9.17) is 9.47 Å². The van der Waals surface area contributed by atoms with Gasteiger partial charge in [0, 0.05) is 6.54 Å². The molecule has 6 heteroatoms. The van der Waals surface area contributed by atoms with Crippen molar-refractivity contribution >= 4 is 12.1 Å². The van der Waals surface area contributed by atoms with Gasteiger partial charge in [0.1, 0.15) is 12.6 Å². The summed E-state index contributed by atoms with van der Waals surface area (Å²) in [4.78, 5) is 27.4. The molecule has 0 radical (unpaired) electrons. The molecule has 0 saturated carbocycles. The minimum absolute atomic E-state index is 0.132. The molecule has 0 saturated heterocycles. The highest BCUT2D eigenvalue weighted by atomic mass is 16.6. The van der Waals surface area contributed by atoms with Crippen LogP contribution >= 0.6 is 0 Å². The quantitative estimate of drug-likeness (QED) is 0.361. The lowest BCUT2D eigenvalue weighted by Gasteiger charge is -2.32. The third-order valence-electron chi connectivity index (χ3n) is 5.60. The number of amides is 1. The monoisotopic (exact) mass is 470 g/mol. The molecule has 0 spiro atoms. The first kappa shape index (κ1) is 25.5. The third-order valence-corrected chi connectivity index (χ3v) is 5.60. The van der Waals surface area contributed by atoms with E-state index in [0.29, 0.717) is 5.56 Å². The molecular formula is C29H30N2O4. The van der Waals surface area contributed by atoms with Crippen LogP contribution in [0.5, 0.6) is 0 Å². The van der Waals surface area contributed by atoms with Gasteiger partial charge in [0.05, 0.1) is 18.2 Å². The maximum Gasteiger partial charge on any atom is 0.410 e. The van der Waals surface area contributed by atoms with Gasteiger partial charge in [0.15, 0.2) is 0 Å². The lowest BCUT2D eigenvalue weighted by Crippen LogP contribution is -2.48. The van der Waals surface area contributed by atoms with Gasteiger partial charge in [-0.15, -0.1) is 0 Å². The van der Waals surface area contributed by atoms with E-state index >= 15 is 0 Å². The summed E-state index contributed by atoms with van der Waals surface area (Å²) in [6.07, 6.45) is -0.568. The molecule has 180 valence electrons. The predicted molar refractivity (Wildman–Crippen MR) is 134 cm³/mol.